The molecule has 112 valence electrons. The molecule has 8 heteroatoms. The van der Waals surface area contributed by atoms with Gasteiger partial charge in [0, 0.05) is 13.8 Å². The zero-order valence-electron chi connectivity index (χ0n) is 11.7. The topological polar surface area (TPSA) is 121 Å². The lowest BCUT2D eigenvalue weighted by atomic mass is 10.3. The van der Waals surface area contributed by atoms with Gasteiger partial charge in [0.1, 0.15) is 24.4 Å². The van der Waals surface area contributed by atoms with Crippen molar-refractivity contribution in [2.45, 2.75) is 40.5 Å². The summed E-state index contributed by atoms with van der Waals surface area (Å²) in [6, 6.07) is 0. The molecule has 0 unspecified atom stereocenters. The molecule has 0 rings (SSSR count). The van der Waals surface area contributed by atoms with Crippen molar-refractivity contribution >= 4 is 35.4 Å². The summed E-state index contributed by atoms with van der Waals surface area (Å²) in [7, 11) is 0. The number of ketones is 2. The van der Waals surface area contributed by atoms with Gasteiger partial charge in [-0.3, -0.25) is 28.8 Å². The molecule has 0 aliphatic heterocycles. The molecule has 0 aromatic rings. The first-order valence-electron chi connectivity index (χ1n) is 5.46. The van der Waals surface area contributed by atoms with Crippen LogP contribution in [-0.2, 0) is 38.2 Å². The van der Waals surface area contributed by atoms with Crippen molar-refractivity contribution in [2.24, 2.45) is 0 Å². The molecular weight excluding hydrogens is 272 g/mol. The quantitative estimate of drug-likeness (QED) is 0.528. The van der Waals surface area contributed by atoms with Gasteiger partial charge < -0.3 is 9.47 Å². The minimum absolute atomic E-state index is 0.314. The van der Waals surface area contributed by atoms with Crippen molar-refractivity contribution in [3.8, 4) is 0 Å². The normalized spacial score (nSPS) is 8.60. The van der Waals surface area contributed by atoms with E-state index in [-0.39, 0.29) is 24.4 Å². The lowest BCUT2D eigenvalue weighted by Gasteiger charge is -1.94. The largest absolute Gasteiger partial charge is 0.393 e. The minimum Gasteiger partial charge on any atom is -0.393 e. The van der Waals surface area contributed by atoms with Gasteiger partial charge in [0.05, 0.1) is 0 Å². The fourth-order valence-corrected chi connectivity index (χ4v) is 0.799. The molecule has 0 atom stereocenters. The number of Topliss-reactive ketones (excluding diaryl/α,β-unsaturated/α-hetero) is 2. The van der Waals surface area contributed by atoms with Crippen molar-refractivity contribution in [3.63, 3.8) is 0 Å². The maximum absolute atomic E-state index is 10.4. The van der Waals surface area contributed by atoms with Gasteiger partial charge in [0.25, 0.3) is 0 Å². The van der Waals surface area contributed by atoms with Crippen LogP contribution in [0.4, 0.5) is 0 Å². The summed E-state index contributed by atoms with van der Waals surface area (Å²) in [5.41, 5.74) is 0. The Morgan fingerprint density at radius 1 is 0.600 bits per heavy atom. The van der Waals surface area contributed by atoms with E-state index in [1.807, 2.05) is 0 Å². The molecule has 8 nitrogen and oxygen atoms in total. The van der Waals surface area contributed by atoms with E-state index in [1.165, 1.54) is 13.8 Å². The highest BCUT2D eigenvalue weighted by atomic mass is 16.6. The molecule has 0 amide bonds. The third-order valence-electron chi connectivity index (χ3n) is 1.30. The van der Waals surface area contributed by atoms with Crippen LogP contribution in [0.5, 0.6) is 0 Å². The Hall–Kier alpha value is -2.38. The molecule has 0 fully saturated rings. The Labute approximate surface area is 115 Å². The summed E-state index contributed by atoms with van der Waals surface area (Å²) in [5.74, 6) is -3.59. The molecule has 0 radical (unpaired) electrons. The SMILES string of the molecule is CC(=O)CC(=O)OC(C)=O.CC(=O)CC(=O)OC(C)=O. The Balaban J connectivity index is 0. The maximum atomic E-state index is 10.4. The molecule has 0 N–H and O–H groups in total. The minimum atomic E-state index is -0.792. The van der Waals surface area contributed by atoms with Crippen LogP contribution in [0.15, 0.2) is 0 Å². The second-order valence-electron chi connectivity index (χ2n) is 3.69. The summed E-state index contributed by atoms with van der Waals surface area (Å²) in [4.78, 5) is 61.4. The highest BCUT2D eigenvalue weighted by molar-refractivity contribution is 5.98. The number of hydrogen-bond acceptors (Lipinski definition) is 8. The monoisotopic (exact) mass is 288 g/mol. The zero-order valence-corrected chi connectivity index (χ0v) is 11.7. The predicted molar refractivity (Wildman–Crippen MR) is 64.1 cm³/mol. The second kappa shape index (κ2) is 10.5. The fourth-order valence-electron chi connectivity index (χ4n) is 0.799. The lowest BCUT2D eigenvalue weighted by molar-refractivity contribution is -0.160. The Morgan fingerprint density at radius 3 is 1.00 bits per heavy atom. The van der Waals surface area contributed by atoms with E-state index in [1.54, 1.807) is 0 Å². The van der Waals surface area contributed by atoms with Crippen molar-refractivity contribution in [3.05, 3.63) is 0 Å². The van der Waals surface area contributed by atoms with E-state index in [0.717, 1.165) is 13.8 Å². The van der Waals surface area contributed by atoms with Crippen molar-refractivity contribution in [1.82, 2.24) is 0 Å². The standard InChI is InChI=1S/2C6H8O4/c2*1-4(7)3-6(9)10-5(2)8/h2*3H2,1-2H3. The van der Waals surface area contributed by atoms with Crippen molar-refractivity contribution in [2.75, 3.05) is 0 Å². The van der Waals surface area contributed by atoms with Crippen LogP contribution in [-0.4, -0.2) is 35.4 Å². The molecule has 0 saturated carbocycles. The van der Waals surface area contributed by atoms with Crippen molar-refractivity contribution < 1.29 is 38.2 Å². The van der Waals surface area contributed by atoms with Gasteiger partial charge in [-0.2, -0.15) is 0 Å². The third-order valence-corrected chi connectivity index (χ3v) is 1.30. The van der Waals surface area contributed by atoms with Gasteiger partial charge in [-0.15, -0.1) is 0 Å². The van der Waals surface area contributed by atoms with Crippen LogP contribution in [0.1, 0.15) is 40.5 Å². The average molecular weight is 288 g/mol. The average Bonchev–Trinajstić information content (AvgIpc) is 2.11. The molecule has 0 heterocycles. The molecular formula is C12H16O8. The first-order valence-corrected chi connectivity index (χ1v) is 5.46. The van der Waals surface area contributed by atoms with Crippen LogP contribution in [0.2, 0.25) is 0 Å². The summed E-state index contributed by atoms with van der Waals surface area (Å²) in [5, 5.41) is 0. The first kappa shape index (κ1) is 19.9. The summed E-state index contributed by atoms with van der Waals surface area (Å²) >= 11 is 0. The number of rotatable bonds is 4. The third kappa shape index (κ3) is 18.0. The molecule has 20 heavy (non-hydrogen) atoms. The molecule has 0 bridgehead atoms. The summed E-state index contributed by atoms with van der Waals surface area (Å²) in [6.07, 6.45) is -0.668. The molecule has 0 aliphatic carbocycles. The molecule has 0 aromatic heterocycles. The number of esters is 4. The Kier molecular flexibility index (Phi) is 10.5. The Morgan fingerprint density at radius 2 is 0.850 bits per heavy atom. The zero-order chi connectivity index (χ0) is 16.3. The smallest absolute Gasteiger partial charge is 0.320 e. The van der Waals surface area contributed by atoms with Crippen LogP contribution in [0, 0.1) is 0 Å². The highest BCUT2D eigenvalue weighted by Gasteiger charge is 2.08. The fraction of sp³-hybridized carbons (Fsp3) is 0.500. The molecule has 0 aromatic carbocycles. The van der Waals surface area contributed by atoms with Gasteiger partial charge in [0.2, 0.25) is 0 Å². The van der Waals surface area contributed by atoms with Crippen LogP contribution >= 0.6 is 0 Å². The first-order chi connectivity index (χ1) is 9.04. The van der Waals surface area contributed by atoms with Gasteiger partial charge in [-0.05, 0) is 13.8 Å². The van der Waals surface area contributed by atoms with Crippen LogP contribution < -0.4 is 0 Å². The van der Waals surface area contributed by atoms with Crippen molar-refractivity contribution in [1.29, 1.82) is 0 Å². The van der Waals surface area contributed by atoms with Gasteiger partial charge in [-0.1, -0.05) is 0 Å². The Bertz CT molecular complexity index is 345. The number of carbonyl (C=O) groups is 6. The second-order valence-corrected chi connectivity index (χ2v) is 3.69. The summed E-state index contributed by atoms with van der Waals surface area (Å²) in [6.45, 7) is 4.72. The number of carbonyl (C=O) groups excluding carboxylic acids is 6. The highest BCUT2D eigenvalue weighted by Crippen LogP contribution is 1.88. The van der Waals surface area contributed by atoms with E-state index in [9.17, 15) is 28.8 Å². The van der Waals surface area contributed by atoms with E-state index in [2.05, 4.69) is 9.47 Å². The summed E-state index contributed by atoms with van der Waals surface area (Å²) < 4.78 is 8.12. The number of ether oxygens (including phenoxy) is 2. The van der Waals surface area contributed by atoms with E-state index >= 15 is 0 Å². The maximum Gasteiger partial charge on any atom is 0.320 e. The van der Waals surface area contributed by atoms with Crippen LogP contribution in [0.3, 0.4) is 0 Å². The molecule has 0 spiro atoms. The van der Waals surface area contributed by atoms with Gasteiger partial charge in [0.15, 0.2) is 0 Å². The number of hydrogen-bond donors (Lipinski definition) is 0. The van der Waals surface area contributed by atoms with Gasteiger partial charge in [-0.25, -0.2) is 0 Å². The van der Waals surface area contributed by atoms with E-state index in [4.69, 9.17) is 0 Å². The lowest BCUT2D eigenvalue weighted by Crippen LogP contribution is -2.11. The molecule has 0 aliphatic rings. The van der Waals surface area contributed by atoms with Gasteiger partial charge >= 0.3 is 23.9 Å². The van der Waals surface area contributed by atoms with Crippen LogP contribution in [0.25, 0.3) is 0 Å². The van der Waals surface area contributed by atoms with E-state index < -0.39 is 23.9 Å². The molecule has 0 saturated heterocycles. The predicted octanol–water partition coefficient (Wildman–Crippen LogP) is 0.110. The van der Waals surface area contributed by atoms with E-state index in [0.29, 0.717) is 0 Å².